The highest BCUT2D eigenvalue weighted by Crippen LogP contribution is 2.13. The molecule has 1 aliphatic rings. The Balaban J connectivity index is 1.86. The van der Waals surface area contributed by atoms with E-state index in [9.17, 15) is 0 Å². The van der Waals surface area contributed by atoms with Crippen LogP contribution in [0.1, 0.15) is 44.3 Å². The molecule has 84 valence electrons. The van der Waals surface area contributed by atoms with E-state index in [0.29, 0.717) is 6.04 Å². The van der Waals surface area contributed by atoms with Crippen molar-refractivity contribution in [2.24, 2.45) is 0 Å². The molecule has 15 heavy (non-hydrogen) atoms. The zero-order chi connectivity index (χ0) is 10.5. The van der Waals surface area contributed by atoms with E-state index in [0.717, 1.165) is 37.5 Å². The first-order valence-corrected chi connectivity index (χ1v) is 6.05. The molecule has 1 atom stereocenters. The smallest absolute Gasteiger partial charge is 0.195 e. The number of rotatable bonds is 4. The molecule has 1 saturated heterocycles. The standard InChI is InChI=1S/C12H20N2O/c1-2-5-11-9-14-12(15-11)8-10-6-3-4-7-13-10/h9-10,13H,2-8H2,1H3. The van der Waals surface area contributed by atoms with Crippen LogP contribution in [0.3, 0.4) is 0 Å². The third-order valence-electron chi connectivity index (χ3n) is 2.93. The summed E-state index contributed by atoms with van der Waals surface area (Å²) in [6.07, 6.45) is 8.85. The SMILES string of the molecule is CCCc1cnc(CC2CCCCN2)o1. The summed E-state index contributed by atoms with van der Waals surface area (Å²) < 4.78 is 5.68. The molecule has 1 aromatic rings. The number of aromatic nitrogens is 1. The topological polar surface area (TPSA) is 38.1 Å². The first kappa shape index (κ1) is 10.7. The van der Waals surface area contributed by atoms with Crippen molar-refractivity contribution >= 4 is 0 Å². The van der Waals surface area contributed by atoms with E-state index in [-0.39, 0.29) is 0 Å². The normalized spacial score (nSPS) is 21.8. The summed E-state index contributed by atoms with van der Waals surface area (Å²) in [5.74, 6) is 1.93. The summed E-state index contributed by atoms with van der Waals surface area (Å²) in [6.45, 7) is 3.30. The first-order chi connectivity index (χ1) is 7.38. The average molecular weight is 208 g/mol. The molecule has 0 aliphatic carbocycles. The van der Waals surface area contributed by atoms with E-state index < -0.39 is 0 Å². The third-order valence-corrected chi connectivity index (χ3v) is 2.93. The molecule has 0 saturated carbocycles. The van der Waals surface area contributed by atoms with Gasteiger partial charge in [-0.05, 0) is 25.8 Å². The molecule has 1 aliphatic heterocycles. The molecule has 0 aromatic carbocycles. The highest BCUT2D eigenvalue weighted by molar-refractivity contribution is 4.96. The predicted octanol–water partition coefficient (Wildman–Crippen LogP) is 2.31. The van der Waals surface area contributed by atoms with Gasteiger partial charge in [0.2, 0.25) is 0 Å². The molecular weight excluding hydrogens is 188 g/mol. The van der Waals surface area contributed by atoms with Crippen molar-refractivity contribution in [3.63, 3.8) is 0 Å². The maximum atomic E-state index is 5.68. The number of hydrogen-bond acceptors (Lipinski definition) is 3. The van der Waals surface area contributed by atoms with E-state index >= 15 is 0 Å². The maximum absolute atomic E-state index is 5.68. The molecule has 0 amide bonds. The summed E-state index contributed by atoms with van der Waals surface area (Å²) in [6, 6.07) is 0.576. The summed E-state index contributed by atoms with van der Waals surface area (Å²) in [5, 5.41) is 3.51. The molecule has 1 fully saturated rings. The van der Waals surface area contributed by atoms with Gasteiger partial charge in [-0.25, -0.2) is 4.98 Å². The van der Waals surface area contributed by atoms with Crippen LogP contribution in [-0.4, -0.2) is 17.6 Å². The zero-order valence-electron chi connectivity index (χ0n) is 9.46. The van der Waals surface area contributed by atoms with Crippen LogP contribution in [0.25, 0.3) is 0 Å². The van der Waals surface area contributed by atoms with Gasteiger partial charge in [0.05, 0.1) is 6.20 Å². The summed E-state index contributed by atoms with van der Waals surface area (Å²) >= 11 is 0. The minimum atomic E-state index is 0.576. The largest absolute Gasteiger partial charge is 0.446 e. The van der Waals surface area contributed by atoms with Crippen molar-refractivity contribution in [2.75, 3.05) is 6.54 Å². The Morgan fingerprint density at radius 2 is 2.47 bits per heavy atom. The van der Waals surface area contributed by atoms with Gasteiger partial charge in [-0.2, -0.15) is 0 Å². The Bertz CT molecular complexity index is 290. The summed E-state index contributed by atoms with van der Waals surface area (Å²) in [5.41, 5.74) is 0. The molecule has 1 aromatic heterocycles. The number of nitrogens with one attached hydrogen (secondary N) is 1. The van der Waals surface area contributed by atoms with Gasteiger partial charge < -0.3 is 9.73 Å². The van der Waals surface area contributed by atoms with E-state index in [4.69, 9.17) is 4.42 Å². The van der Waals surface area contributed by atoms with Gasteiger partial charge in [0, 0.05) is 18.9 Å². The number of aryl methyl sites for hydroxylation is 1. The van der Waals surface area contributed by atoms with Crippen LogP contribution >= 0.6 is 0 Å². The van der Waals surface area contributed by atoms with Crippen LogP contribution in [0.5, 0.6) is 0 Å². The number of hydrogen-bond donors (Lipinski definition) is 1. The fourth-order valence-electron chi connectivity index (χ4n) is 2.11. The second-order valence-corrected chi connectivity index (χ2v) is 4.32. The van der Waals surface area contributed by atoms with E-state index in [2.05, 4.69) is 17.2 Å². The average Bonchev–Trinajstić information content (AvgIpc) is 2.68. The fraction of sp³-hybridized carbons (Fsp3) is 0.750. The van der Waals surface area contributed by atoms with Gasteiger partial charge in [0.15, 0.2) is 5.89 Å². The van der Waals surface area contributed by atoms with Gasteiger partial charge in [-0.1, -0.05) is 13.3 Å². The van der Waals surface area contributed by atoms with Crippen molar-refractivity contribution in [1.29, 1.82) is 0 Å². The number of oxazole rings is 1. The van der Waals surface area contributed by atoms with Crippen LogP contribution in [0.4, 0.5) is 0 Å². The lowest BCUT2D eigenvalue weighted by molar-refractivity contribution is 0.360. The van der Waals surface area contributed by atoms with E-state index in [1.54, 1.807) is 0 Å². The molecule has 2 rings (SSSR count). The van der Waals surface area contributed by atoms with E-state index in [1.165, 1.54) is 19.3 Å². The molecule has 3 nitrogen and oxygen atoms in total. The Hall–Kier alpha value is -0.830. The number of piperidine rings is 1. The van der Waals surface area contributed by atoms with Gasteiger partial charge in [-0.15, -0.1) is 0 Å². The van der Waals surface area contributed by atoms with E-state index in [1.807, 2.05) is 6.20 Å². The Morgan fingerprint density at radius 3 is 3.20 bits per heavy atom. The molecular formula is C12H20N2O. The molecule has 0 bridgehead atoms. The van der Waals surface area contributed by atoms with Crippen LogP contribution in [0, 0.1) is 0 Å². The summed E-state index contributed by atoms with van der Waals surface area (Å²) in [7, 11) is 0. The molecule has 3 heteroatoms. The zero-order valence-corrected chi connectivity index (χ0v) is 9.46. The van der Waals surface area contributed by atoms with Crippen LogP contribution < -0.4 is 5.32 Å². The molecule has 1 unspecified atom stereocenters. The quantitative estimate of drug-likeness (QED) is 0.825. The van der Waals surface area contributed by atoms with Crippen LogP contribution in [0.15, 0.2) is 10.6 Å². The molecule has 2 heterocycles. The van der Waals surface area contributed by atoms with Crippen molar-refractivity contribution in [2.45, 2.75) is 51.5 Å². The lowest BCUT2D eigenvalue weighted by Crippen LogP contribution is -2.35. The molecule has 0 radical (unpaired) electrons. The van der Waals surface area contributed by atoms with Gasteiger partial charge >= 0.3 is 0 Å². The second-order valence-electron chi connectivity index (χ2n) is 4.32. The minimum absolute atomic E-state index is 0.576. The lowest BCUT2D eigenvalue weighted by atomic mass is 10.0. The Labute approximate surface area is 91.3 Å². The first-order valence-electron chi connectivity index (χ1n) is 6.05. The van der Waals surface area contributed by atoms with Crippen molar-refractivity contribution in [3.8, 4) is 0 Å². The van der Waals surface area contributed by atoms with Gasteiger partial charge in [0.1, 0.15) is 5.76 Å². The minimum Gasteiger partial charge on any atom is -0.446 e. The Morgan fingerprint density at radius 1 is 1.53 bits per heavy atom. The predicted molar refractivity (Wildman–Crippen MR) is 59.8 cm³/mol. The highest BCUT2D eigenvalue weighted by atomic mass is 16.4. The van der Waals surface area contributed by atoms with Crippen LogP contribution in [0.2, 0.25) is 0 Å². The second kappa shape index (κ2) is 5.31. The molecule has 1 N–H and O–H groups in total. The number of nitrogens with zero attached hydrogens (tertiary/aromatic N) is 1. The lowest BCUT2D eigenvalue weighted by Gasteiger charge is -2.21. The van der Waals surface area contributed by atoms with Crippen LogP contribution in [-0.2, 0) is 12.8 Å². The fourth-order valence-corrected chi connectivity index (χ4v) is 2.11. The van der Waals surface area contributed by atoms with Gasteiger partial charge in [0.25, 0.3) is 0 Å². The van der Waals surface area contributed by atoms with Crippen molar-refractivity contribution in [3.05, 3.63) is 17.8 Å². The van der Waals surface area contributed by atoms with Crippen molar-refractivity contribution < 1.29 is 4.42 Å². The maximum Gasteiger partial charge on any atom is 0.195 e. The van der Waals surface area contributed by atoms with Crippen molar-refractivity contribution in [1.82, 2.24) is 10.3 Å². The monoisotopic (exact) mass is 208 g/mol. The Kier molecular flexibility index (Phi) is 3.78. The molecule has 0 spiro atoms. The summed E-state index contributed by atoms with van der Waals surface area (Å²) in [4.78, 5) is 4.32. The third kappa shape index (κ3) is 3.06. The highest BCUT2D eigenvalue weighted by Gasteiger charge is 2.15. The van der Waals surface area contributed by atoms with Gasteiger partial charge in [-0.3, -0.25) is 0 Å².